The van der Waals surface area contributed by atoms with Crippen LogP contribution in [0.1, 0.15) is 30.5 Å². The molecule has 1 aromatic carbocycles. The van der Waals surface area contributed by atoms with Gasteiger partial charge in [-0.3, -0.25) is 24.0 Å². The van der Waals surface area contributed by atoms with Gasteiger partial charge >= 0.3 is 5.97 Å². The van der Waals surface area contributed by atoms with Crippen LogP contribution in [0.15, 0.2) is 43.0 Å². The van der Waals surface area contributed by atoms with E-state index in [1.807, 2.05) is 12.1 Å². The Kier molecular flexibility index (Phi) is 10.7. The SMILES string of the molecule is NC(=O)CCC(N)C(=O)NC(Cc1cnc[nH]1)C(=O)NC(CC(N)=O)C(=O)NC(Cc1c[nH]c2ccccc12)C(=O)O. The molecule has 16 heteroatoms. The van der Waals surface area contributed by atoms with E-state index in [4.69, 9.17) is 17.2 Å². The lowest BCUT2D eigenvalue weighted by atomic mass is 10.0. The van der Waals surface area contributed by atoms with Crippen LogP contribution in [0.4, 0.5) is 0 Å². The van der Waals surface area contributed by atoms with Crippen molar-refractivity contribution >= 4 is 46.4 Å². The van der Waals surface area contributed by atoms with Crippen LogP contribution in [-0.4, -0.2) is 79.7 Å². The molecule has 0 aliphatic carbocycles. The number of carbonyl (C=O) groups is 6. The van der Waals surface area contributed by atoms with Crippen molar-refractivity contribution in [1.29, 1.82) is 0 Å². The van der Waals surface area contributed by atoms with Gasteiger partial charge in [-0.1, -0.05) is 18.2 Å². The van der Waals surface area contributed by atoms with Crippen molar-refractivity contribution < 1.29 is 33.9 Å². The molecule has 0 radical (unpaired) electrons. The monoisotopic (exact) mass is 583 g/mol. The Morgan fingerprint density at radius 1 is 0.857 bits per heavy atom. The number of hydrogen-bond acceptors (Lipinski definition) is 8. The Balaban J connectivity index is 1.75. The predicted molar refractivity (Wildman–Crippen MR) is 148 cm³/mol. The molecule has 2 aromatic heterocycles. The average Bonchev–Trinajstić information content (AvgIpc) is 3.60. The summed E-state index contributed by atoms with van der Waals surface area (Å²) in [6, 6.07) is 1.77. The number of imidazole rings is 1. The Bertz CT molecular complexity index is 1440. The number of carboxylic acid groups (broad SMARTS) is 1. The third-order valence-corrected chi connectivity index (χ3v) is 6.40. The summed E-state index contributed by atoms with van der Waals surface area (Å²) in [7, 11) is 0. The number of para-hydroxylation sites is 1. The quantitative estimate of drug-likeness (QED) is 0.0874. The van der Waals surface area contributed by atoms with Crippen molar-refractivity contribution in [2.24, 2.45) is 17.2 Å². The number of nitrogens with zero attached hydrogens (tertiary/aromatic N) is 1. The number of hydrogen-bond donors (Lipinski definition) is 9. The summed E-state index contributed by atoms with van der Waals surface area (Å²) in [5.74, 6) is -5.57. The van der Waals surface area contributed by atoms with Crippen molar-refractivity contribution in [3.05, 3.63) is 54.2 Å². The standard InChI is InChI=1S/C26H33N9O7/c27-16(5-6-21(28)36)23(38)33-18(8-14-11-30-12-32-14)24(39)34-19(9-22(29)37)25(40)35-20(26(41)42)7-13-10-31-17-4-2-1-3-15(13)17/h1-4,10-12,16,18-20,31H,5-9,27H2,(H2,28,36)(H2,29,37)(H,30,32)(H,33,38)(H,34,39)(H,35,40)(H,41,42). The summed E-state index contributed by atoms with van der Waals surface area (Å²) in [6.07, 6.45) is 3.32. The van der Waals surface area contributed by atoms with E-state index in [1.54, 1.807) is 18.3 Å². The third-order valence-electron chi connectivity index (χ3n) is 6.40. The number of benzene rings is 1. The number of nitrogens with two attached hydrogens (primary N) is 3. The minimum atomic E-state index is -1.57. The van der Waals surface area contributed by atoms with Gasteiger partial charge in [0.15, 0.2) is 0 Å². The number of fused-ring (bicyclic) bond motifs is 1. The van der Waals surface area contributed by atoms with Crippen molar-refractivity contribution in [3.8, 4) is 0 Å². The predicted octanol–water partition coefficient (Wildman–Crippen LogP) is -2.32. The van der Waals surface area contributed by atoms with E-state index in [1.165, 1.54) is 12.5 Å². The number of amides is 5. The molecule has 224 valence electrons. The number of H-pyrrole nitrogens is 2. The fourth-order valence-electron chi connectivity index (χ4n) is 4.21. The maximum absolute atomic E-state index is 13.3. The smallest absolute Gasteiger partial charge is 0.326 e. The fourth-order valence-corrected chi connectivity index (χ4v) is 4.21. The molecule has 16 nitrogen and oxygen atoms in total. The minimum Gasteiger partial charge on any atom is -0.480 e. The van der Waals surface area contributed by atoms with E-state index in [0.717, 1.165) is 10.9 Å². The lowest BCUT2D eigenvalue weighted by Gasteiger charge is -2.24. The zero-order valence-corrected chi connectivity index (χ0v) is 22.5. The van der Waals surface area contributed by atoms with Crippen molar-refractivity contribution in [3.63, 3.8) is 0 Å². The maximum Gasteiger partial charge on any atom is 0.326 e. The van der Waals surface area contributed by atoms with Gasteiger partial charge < -0.3 is 48.2 Å². The van der Waals surface area contributed by atoms with Crippen LogP contribution in [0, 0.1) is 0 Å². The molecule has 0 fully saturated rings. The third kappa shape index (κ3) is 8.88. The van der Waals surface area contributed by atoms with Crippen LogP contribution in [0.2, 0.25) is 0 Å². The topological polar surface area (TPSA) is 281 Å². The summed E-state index contributed by atoms with van der Waals surface area (Å²) < 4.78 is 0. The molecule has 0 saturated heterocycles. The zero-order valence-electron chi connectivity index (χ0n) is 22.5. The summed E-state index contributed by atoms with van der Waals surface area (Å²) in [5.41, 5.74) is 18.1. The first-order valence-electron chi connectivity index (χ1n) is 12.9. The van der Waals surface area contributed by atoms with Crippen LogP contribution in [-0.2, 0) is 41.6 Å². The fraction of sp³-hybridized carbons (Fsp3) is 0.346. The number of aromatic nitrogens is 3. The van der Waals surface area contributed by atoms with Gasteiger partial charge in [-0.2, -0.15) is 0 Å². The van der Waals surface area contributed by atoms with E-state index in [0.29, 0.717) is 11.3 Å². The molecule has 4 atom stereocenters. The van der Waals surface area contributed by atoms with E-state index in [-0.39, 0.29) is 25.7 Å². The highest BCUT2D eigenvalue weighted by molar-refractivity contribution is 5.96. The molecule has 0 aliphatic heterocycles. The average molecular weight is 584 g/mol. The van der Waals surface area contributed by atoms with Crippen molar-refractivity contribution in [2.45, 2.75) is 56.3 Å². The Labute approximate surface area is 239 Å². The lowest BCUT2D eigenvalue weighted by molar-refractivity contribution is -0.142. The first-order valence-corrected chi connectivity index (χ1v) is 12.9. The molecule has 0 bridgehead atoms. The van der Waals surface area contributed by atoms with Crippen LogP contribution in [0.25, 0.3) is 10.9 Å². The number of nitrogens with one attached hydrogen (secondary N) is 5. The van der Waals surface area contributed by atoms with Gasteiger partial charge in [-0.05, 0) is 18.1 Å². The molecule has 3 aromatic rings. The molecule has 5 amide bonds. The number of aromatic amines is 2. The number of rotatable bonds is 16. The van der Waals surface area contributed by atoms with Gasteiger partial charge in [0, 0.05) is 48.3 Å². The molecule has 42 heavy (non-hydrogen) atoms. The largest absolute Gasteiger partial charge is 0.480 e. The molecule has 0 aliphatic rings. The van der Waals surface area contributed by atoms with Crippen LogP contribution >= 0.6 is 0 Å². The summed E-state index contributed by atoms with van der Waals surface area (Å²) in [5, 5.41) is 17.8. The molecule has 12 N–H and O–H groups in total. The molecule has 4 unspecified atom stereocenters. The second-order valence-corrected chi connectivity index (χ2v) is 9.65. The van der Waals surface area contributed by atoms with Crippen LogP contribution in [0.5, 0.6) is 0 Å². The molecule has 0 saturated carbocycles. The van der Waals surface area contributed by atoms with Crippen molar-refractivity contribution in [2.75, 3.05) is 0 Å². The summed E-state index contributed by atoms with van der Waals surface area (Å²) in [6.45, 7) is 0. The second kappa shape index (κ2) is 14.4. The van der Waals surface area contributed by atoms with E-state index < -0.39 is 66.1 Å². The molecule has 3 rings (SSSR count). The van der Waals surface area contributed by atoms with Crippen molar-refractivity contribution in [1.82, 2.24) is 30.9 Å². The normalized spacial score (nSPS) is 13.8. The maximum atomic E-state index is 13.3. The molecular weight excluding hydrogens is 550 g/mol. The lowest BCUT2D eigenvalue weighted by Crippen LogP contribution is -2.58. The Hall–Kier alpha value is -5.25. The molecular formula is C26H33N9O7. The summed E-state index contributed by atoms with van der Waals surface area (Å²) >= 11 is 0. The molecule has 2 heterocycles. The van der Waals surface area contributed by atoms with Crippen LogP contribution < -0.4 is 33.2 Å². The zero-order chi connectivity index (χ0) is 30.8. The minimum absolute atomic E-state index is 0.0702. The Morgan fingerprint density at radius 2 is 1.52 bits per heavy atom. The van der Waals surface area contributed by atoms with Crippen LogP contribution in [0.3, 0.4) is 0 Å². The van der Waals surface area contributed by atoms with E-state index in [2.05, 4.69) is 30.9 Å². The van der Waals surface area contributed by atoms with E-state index >= 15 is 0 Å². The highest BCUT2D eigenvalue weighted by atomic mass is 16.4. The highest BCUT2D eigenvalue weighted by Crippen LogP contribution is 2.19. The molecule has 0 spiro atoms. The summed E-state index contributed by atoms with van der Waals surface area (Å²) in [4.78, 5) is 83.6. The first kappa shape index (κ1) is 31.3. The van der Waals surface area contributed by atoms with E-state index in [9.17, 15) is 33.9 Å². The number of carboxylic acids is 1. The van der Waals surface area contributed by atoms with Gasteiger partial charge in [0.05, 0.1) is 18.8 Å². The van der Waals surface area contributed by atoms with Gasteiger partial charge in [0.1, 0.15) is 18.1 Å². The number of primary amides is 2. The number of aliphatic carboxylic acids is 1. The second-order valence-electron chi connectivity index (χ2n) is 9.65. The highest BCUT2D eigenvalue weighted by Gasteiger charge is 2.32. The Morgan fingerprint density at radius 3 is 2.17 bits per heavy atom. The van der Waals surface area contributed by atoms with Gasteiger partial charge in [0.25, 0.3) is 0 Å². The van der Waals surface area contributed by atoms with Gasteiger partial charge in [-0.15, -0.1) is 0 Å². The number of carbonyl (C=O) groups excluding carboxylic acids is 5. The first-order chi connectivity index (χ1) is 19.9. The van der Waals surface area contributed by atoms with Gasteiger partial charge in [-0.25, -0.2) is 9.78 Å². The van der Waals surface area contributed by atoms with Gasteiger partial charge in [0.2, 0.25) is 29.5 Å².